The number of pyridine rings is 1. The van der Waals surface area contributed by atoms with Gasteiger partial charge in [-0.1, -0.05) is 0 Å². The Morgan fingerprint density at radius 1 is 1.09 bits per heavy atom. The van der Waals surface area contributed by atoms with E-state index >= 15 is 0 Å². The fourth-order valence-corrected chi connectivity index (χ4v) is 3.66. The van der Waals surface area contributed by atoms with Crippen LogP contribution >= 0.6 is 0 Å². The molecule has 4 amide bonds. The number of carbonyl (C=O) groups excluding carboxylic acids is 2. The number of hydrogen-bond acceptors (Lipinski definition) is 6. The number of imide groups is 1. The van der Waals surface area contributed by atoms with Crippen LogP contribution in [-0.2, 0) is 0 Å². The third-order valence-corrected chi connectivity index (χ3v) is 5.30. The number of ether oxygens (including phenoxy) is 2. The molecular formula is C23H19F2N5O4. The van der Waals surface area contributed by atoms with Crippen LogP contribution in [0.2, 0.25) is 0 Å². The normalized spacial score (nSPS) is 14.8. The van der Waals surface area contributed by atoms with Gasteiger partial charge in [-0.2, -0.15) is 0 Å². The predicted octanol–water partition coefficient (Wildman–Crippen LogP) is 4.43. The third-order valence-electron chi connectivity index (χ3n) is 5.30. The molecule has 11 heteroatoms. The molecule has 0 bridgehead atoms. The molecule has 1 fully saturated rings. The molecule has 2 aromatic carbocycles. The van der Waals surface area contributed by atoms with Crippen LogP contribution in [0.4, 0.5) is 35.6 Å². The Bertz CT molecular complexity index is 1250. The average Bonchev–Trinajstić information content (AvgIpc) is 3.23. The zero-order valence-electron chi connectivity index (χ0n) is 17.8. The molecule has 0 unspecified atom stereocenters. The smallest absolute Gasteiger partial charge is 0.332 e. The molecule has 9 nitrogen and oxygen atoms in total. The maximum Gasteiger partial charge on any atom is 0.332 e. The van der Waals surface area contributed by atoms with E-state index in [4.69, 9.17) is 9.47 Å². The van der Waals surface area contributed by atoms with Gasteiger partial charge in [-0.25, -0.2) is 28.3 Å². The SMILES string of the molecule is O=C(Nc1ccc(Oc2ccnc3c2OCCN3)c(F)c1)N1CCN(c2ccc(F)cc2)C1=O. The van der Waals surface area contributed by atoms with E-state index in [-0.39, 0.29) is 24.5 Å². The molecule has 1 saturated heterocycles. The van der Waals surface area contributed by atoms with Gasteiger partial charge in [-0.3, -0.25) is 4.90 Å². The first-order valence-electron chi connectivity index (χ1n) is 10.5. The van der Waals surface area contributed by atoms with Crippen LogP contribution in [0, 0.1) is 11.6 Å². The standard InChI is InChI=1S/C23H19F2N5O4/c24-14-1-4-16(5-2-14)29-10-11-30(23(29)32)22(31)28-15-3-6-18(17(25)13-15)34-19-7-8-26-21-20(19)33-12-9-27-21/h1-8,13H,9-12H2,(H,26,27)(H,28,31). The van der Waals surface area contributed by atoms with Gasteiger partial charge in [0.05, 0.1) is 13.1 Å². The molecular weight excluding hydrogens is 448 g/mol. The average molecular weight is 467 g/mol. The van der Waals surface area contributed by atoms with E-state index < -0.39 is 23.7 Å². The number of hydrogen-bond donors (Lipinski definition) is 2. The highest BCUT2D eigenvalue weighted by Crippen LogP contribution is 2.38. The Morgan fingerprint density at radius 3 is 2.71 bits per heavy atom. The summed E-state index contributed by atoms with van der Waals surface area (Å²) in [4.78, 5) is 31.8. The summed E-state index contributed by atoms with van der Waals surface area (Å²) in [5.41, 5.74) is 0.629. The van der Waals surface area contributed by atoms with Gasteiger partial charge in [-0.15, -0.1) is 0 Å². The van der Waals surface area contributed by atoms with Gasteiger partial charge in [0, 0.05) is 36.2 Å². The van der Waals surface area contributed by atoms with Crippen LogP contribution in [0.3, 0.4) is 0 Å². The van der Waals surface area contributed by atoms with Crippen LogP contribution in [0.25, 0.3) is 0 Å². The van der Waals surface area contributed by atoms with Crippen molar-refractivity contribution in [2.75, 3.05) is 41.8 Å². The summed E-state index contributed by atoms with van der Waals surface area (Å²) < 4.78 is 39.1. The Hall–Kier alpha value is -4.41. The van der Waals surface area contributed by atoms with Crippen molar-refractivity contribution in [3.8, 4) is 17.2 Å². The summed E-state index contributed by atoms with van der Waals surface area (Å²) in [6, 6.07) is 9.63. The second-order valence-corrected chi connectivity index (χ2v) is 7.50. The lowest BCUT2D eigenvalue weighted by Crippen LogP contribution is -2.39. The molecule has 0 atom stereocenters. The molecule has 0 radical (unpaired) electrons. The number of fused-ring (bicyclic) bond motifs is 1. The highest BCUT2D eigenvalue weighted by Gasteiger charge is 2.34. The molecule has 0 saturated carbocycles. The first-order valence-corrected chi connectivity index (χ1v) is 10.5. The third kappa shape index (κ3) is 4.15. The Morgan fingerprint density at radius 2 is 1.91 bits per heavy atom. The van der Waals surface area contributed by atoms with Crippen LogP contribution in [0.15, 0.2) is 54.7 Å². The monoisotopic (exact) mass is 467 g/mol. The second kappa shape index (κ2) is 8.85. The highest BCUT2D eigenvalue weighted by atomic mass is 19.1. The van der Waals surface area contributed by atoms with Crippen LogP contribution in [0.1, 0.15) is 0 Å². The zero-order valence-corrected chi connectivity index (χ0v) is 17.8. The molecule has 3 heterocycles. The summed E-state index contributed by atoms with van der Waals surface area (Å²) in [6.45, 7) is 1.42. The van der Waals surface area contributed by atoms with E-state index in [0.29, 0.717) is 36.2 Å². The van der Waals surface area contributed by atoms with E-state index in [1.54, 1.807) is 6.07 Å². The molecule has 34 heavy (non-hydrogen) atoms. The van der Waals surface area contributed by atoms with Crippen molar-refractivity contribution in [1.82, 2.24) is 9.88 Å². The molecule has 3 aromatic rings. The number of anilines is 3. The minimum absolute atomic E-state index is 0.0692. The van der Waals surface area contributed by atoms with E-state index in [9.17, 15) is 18.4 Å². The maximum atomic E-state index is 14.7. The topological polar surface area (TPSA) is 96.0 Å². The van der Waals surface area contributed by atoms with Gasteiger partial charge in [0.2, 0.25) is 5.75 Å². The van der Waals surface area contributed by atoms with Crippen LogP contribution in [0.5, 0.6) is 17.2 Å². The summed E-state index contributed by atoms with van der Waals surface area (Å²) in [7, 11) is 0. The van der Waals surface area contributed by atoms with Crippen molar-refractivity contribution < 1.29 is 27.8 Å². The fraction of sp³-hybridized carbons (Fsp3) is 0.174. The summed E-state index contributed by atoms with van der Waals surface area (Å²) in [5.74, 6) is -0.00111. The Balaban J connectivity index is 1.26. The van der Waals surface area contributed by atoms with E-state index in [0.717, 1.165) is 11.0 Å². The largest absolute Gasteiger partial charge is 0.485 e. The van der Waals surface area contributed by atoms with E-state index in [1.807, 2.05) is 0 Å². The molecule has 0 spiro atoms. The summed E-state index contributed by atoms with van der Waals surface area (Å²) in [5, 5.41) is 5.59. The van der Waals surface area contributed by atoms with Crippen molar-refractivity contribution in [1.29, 1.82) is 0 Å². The lowest BCUT2D eigenvalue weighted by Gasteiger charge is -2.20. The maximum absolute atomic E-state index is 14.7. The molecule has 2 N–H and O–H groups in total. The number of amides is 4. The van der Waals surface area contributed by atoms with Gasteiger partial charge < -0.3 is 20.1 Å². The summed E-state index contributed by atoms with van der Waals surface area (Å²) >= 11 is 0. The summed E-state index contributed by atoms with van der Waals surface area (Å²) in [6.07, 6.45) is 1.52. The highest BCUT2D eigenvalue weighted by molar-refractivity contribution is 6.08. The fourth-order valence-electron chi connectivity index (χ4n) is 3.66. The van der Waals surface area contributed by atoms with Crippen molar-refractivity contribution >= 4 is 29.3 Å². The van der Waals surface area contributed by atoms with Gasteiger partial charge >= 0.3 is 12.1 Å². The first-order chi connectivity index (χ1) is 16.5. The van der Waals surface area contributed by atoms with Crippen LogP contribution < -0.4 is 25.0 Å². The minimum Gasteiger partial charge on any atom is -0.485 e. The number of aromatic nitrogens is 1. The quantitative estimate of drug-likeness (QED) is 0.590. The molecule has 174 valence electrons. The van der Waals surface area contributed by atoms with Crippen molar-refractivity contribution in [3.05, 3.63) is 66.4 Å². The first kappa shape index (κ1) is 21.4. The molecule has 0 aliphatic carbocycles. The number of urea groups is 2. The number of carbonyl (C=O) groups is 2. The molecule has 5 rings (SSSR count). The number of benzene rings is 2. The lowest BCUT2D eigenvalue weighted by atomic mass is 10.3. The van der Waals surface area contributed by atoms with Gasteiger partial charge in [-0.05, 0) is 36.4 Å². The number of nitrogens with zero attached hydrogens (tertiary/aromatic N) is 3. The van der Waals surface area contributed by atoms with Crippen molar-refractivity contribution in [2.45, 2.75) is 0 Å². The van der Waals surface area contributed by atoms with Gasteiger partial charge in [0.25, 0.3) is 0 Å². The predicted molar refractivity (Wildman–Crippen MR) is 120 cm³/mol. The van der Waals surface area contributed by atoms with Crippen molar-refractivity contribution in [2.24, 2.45) is 0 Å². The molecule has 1 aromatic heterocycles. The minimum atomic E-state index is -0.715. The molecule has 2 aliphatic heterocycles. The number of nitrogens with one attached hydrogen (secondary N) is 2. The van der Waals surface area contributed by atoms with Crippen LogP contribution in [-0.4, -0.2) is 48.2 Å². The Labute approximate surface area is 192 Å². The van der Waals surface area contributed by atoms with Gasteiger partial charge in [0.1, 0.15) is 12.4 Å². The van der Waals surface area contributed by atoms with Crippen molar-refractivity contribution in [3.63, 3.8) is 0 Å². The zero-order chi connectivity index (χ0) is 23.7. The van der Waals surface area contributed by atoms with Gasteiger partial charge in [0.15, 0.2) is 23.1 Å². The molecule has 2 aliphatic rings. The number of rotatable bonds is 4. The Kier molecular flexibility index (Phi) is 5.58. The van der Waals surface area contributed by atoms with E-state index in [2.05, 4.69) is 15.6 Å². The van der Waals surface area contributed by atoms with E-state index in [1.165, 1.54) is 47.5 Å². The number of halogens is 2. The second-order valence-electron chi connectivity index (χ2n) is 7.50. The lowest BCUT2D eigenvalue weighted by molar-refractivity contribution is 0.209.